The molecular formula is C12H15ClN2O2. The van der Waals surface area contributed by atoms with Gasteiger partial charge in [0.15, 0.2) is 0 Å². The topological polar surface area (TPSA) is 63.4 Å². The van der Waals surface area contributed by atoms with Gasteiger partial charge in [-0.05, 0) is 25.0 Å². The Morgan fingerprint density at radius 3 is 2.47 bits per heavy atom. The number of nitrogens with zero attached hydrogens (tertiary/aromatic N) is 1. The number of benzene rings is 1. The van der Waals surface area contributed by atoms with Crippen LogP contribution in [0.5, 0.6) is 0 Å². The van der Waals surface area contributed by atoms with Crippen molar-refractivity contribution in [1.29, 1.82) is 0 Å². The SMILES string of the molecule is CCc1cccc2c1C(=O)N([C@@H](C)N)C2=O.Cl. The molecule has 1 aromatic rings. The average molecular weight is 255 g/mol. The van der Waals surface area contributed by atoms with Gasteiger partial charge in [-0.25, -0.2) is 0 Å². The second-order valence-corrected chi connectivity index (χ2v) is 3.91. The molecule has 0 bridgehead atoms. The van der Waals surface area contributed by atoms with Crippen LogP contribution < -0.4 is 5.73 Å². The maximum atomic E-state index is 12.1. The standard InChI is InChI=1S/C12H14N2O2.ClH/c1-3-8-5-4-6-9-10(8)12(16)14(7(2)13)11(9)15;/h4-7H,3,13H2,1-2H3;1H/t7-;/m0./s1. The van der Waals surface area contributed by atoms with Gasteiger partial charge in [0.1, 0.15) is 0 Å². The van der Waals surface area contributed by atoms with Crippen LogP contribution >= 0.6 is 12.4 Å². The fourth-order valence-electron chi connectivity index (χ4n) is 2.04. The van der Waals surface area contributed by atoms with Crippen molar-refractivity contribution in [2.75, 3.05) is 0 Å². The third-order valence-corrected chi connectivity index (χ3v) is 2.82. The van der Waals surface area contributed by atoms with Gasteiger partial charge in [0.25, 0.3) is 11.8 Å². The second-order valence-electron chi connectivity index (χ2n) is 3.91. The Hall–Kier alpha value is -1.39. The number of rotatable bonds is 2. The monoisotopic (exact) mass is 254 g/mol. The number of carbonyl (C=O) groups excluding carboxylic acids is 2. The lowest BCUT2D eigenvalue weighted by Gasteiger charge is -2.17. The molecule has 1 aromatic carbocycles. The fraction of sp³-hybridized carbons (Fsp3) is 0.333. The van der Waals surface area contributed by atoms with Crippen molar-refractivity contribution in [2.45, 2.75) is 26.4 Å². The van der Waals surface area contributed by atoms with Crippen LogP contribution in [0.4, 0.5) is 0 Å². The fourth-order valence-corrected chi connectivity index (χ4v) is 2.04. The van der Waals surface area contributed by atoms with Crippen molar-refractivity contribution >= 4 is 24.2 Å². The molecule has 2 amide bonds. The summed E-state index contributed by atoms with van der Waals surface area (Å²) in [7, 11) is 0. The van der Waals surface area contributed by atoms with Crippen molar-refractivity contribution in [3.63, 3.8) is 0 Å². The highest BCUT2D eigenvalue weighted by atomic mass is 35.5. The number of imide groups is 1. The Morgan fingerprint density at radius 1 is 1.29 bits per heavy atom. The predicted molar refractivity (Wildman–Crippen MR) is 67.2 cm³/mol. The highest BCUT2D eigenvalue weighted by Gasteiger charge is 2.38. The third-order valence-electron chi connectivity index (χ3n) is 2.82. The number of hydrogen-bond acceptors (Lipinski definition) is 3. The Morgan fingerprint density at radius 2 is 1.94 bits per heavy atom. The van der Waals surface area contributed by atoms with E-state index in [4.69, 9.17) is 5.73 Å². The molecule has 0 fully saturated rings. The minimum atomic E-state index is -0.586. The normalized spacial score (nSPS) is 15.6. The first-order valence-electron chi connectivity index (χ1n) is 5.33. The molecule has 0 saturated carbocycles. The van der Waals surface area contributed by atoms with Gasteiger partial charge in [-0.1, -0.05) is 19.1 Å². The van der Waals surface area contributed by atoms with Crippen molar-refractivity contribution in [3.8, 4) is 0 Å². The molecule has 2 N–H and O–H groups in total. The first-order chi connectivity index (χ1) is 7.57. The summed E-state index contributed by atoms with van der Waals surface area (Å²) in [6.07, 6.45) is 0.145. The molecule has 1 aliphatic heterocycles. The van der Waals surface area contributed by atoms with Crippen LogP contribution in [0.25, 0.3) is 0 Å². The summed E-state index contributed by atoms with van der Waals surface area (Å²) in [4.78, 5) is 25.1. The van der Waals surface area contributed by atoms with E-state index in [1.807, 2.05) is 13.0 Å². The average Bonchev–Trinajstić information content (AvgIpc) is 2.51. The second kappa shape index (κ2) is 4.85. The number of carbonyl (C=O) groups is 2. The summed E-state index contributed by atoms with van der Waals surface area (Å²) in [6, 6.07) is 5.35. The van der Waals surface area contributed by atoms with E-state index in [0.29, 0.717) is 11.1 Å². The summed E-state index contributed by atoms with van der Waals surface area (Å²) >= 11 is 0. The number of nitrogens with two attached hydrogens (primary N) is 1. The van der Waals surface area contributed by atoms with Crippen LogP contribution in [0, 0.1) is 0 Å². The van der Waals surface area contributed by atoms with Gasteiger partial charge >= 0.3 is 0 Å². The zero-order valence-electron chi connectivity index (χ0n) is 9.77. The number of halogens is 1. The van der Waals surface area contributed by atoms with Crippen LogP contribution in [0.1, 0.15) is 40.1 Å². The molecule has 92 valence electrons. The zero-order valence-corrected chi connectivity index (χ0v) is 10.6. The molecule has 5 heteroatoms. The molecule has 1 aliphatic rings. The number of amides is 2. The number of aryl methyl sites for hydroxylation is 1. The molecular weight excluding hydrogens is 240 g/mol. The van der Waals surface area contributed by atoms with E-state index in [-0.39, 0.29) is 24.2 Å². The van der Waals surface area contributed by atoms with Crippen LogP contribution in [0.2, 0.25) is 0 Å². The molecule has 1 heterocycles. The lowest BCUT2D eigenvalue weighted by molar-refractivity contribution is 0.0601. The third kappa shape index (κ3) is 1.94. The highest BCUT2D eigenvalue weighted by molar-refractivity contribution is 6.22. The van der Waals surface area contributed by atoms with E-state index in [0.717, 1.165) is 16.9 Å². The Kier molecular flexibility index (Phi) is 3.91. The summed E-state index contributed by atoms with van der Waals surface area (Å²) in [5, 5.41) is 0. The van der Waals surface area contributed by atoms with Crippen LogP contribution in [-0.2, 0) is 6.42 Å². The molecule has 0 aliphatic carbocycles. The molecule has 0 aromatic heterocycles. The van der Waals surface area contributed by atoms with Crippen molar-refractivity contribution < 1.29 is 9.59 Å². The number of hydrogen-bond donors (Lipinski definition) is 1. The maximum absolute atomic E-state index is 12.1. The van der Waals surface area contributed by atoms with Gasteiger partial charge in [0, 0.05) is 0 Å². The molecule has 2 rings (SSSR count). The van der Waals surface area contributed by atoms with Crippen molar-refractivity contribution in [2.24, 2.45) is 5.73 Å². The van der Waals surface area contributed by atoms with Gasteiger partial charge in [-0.15, -0.1) is 12.4 Å². The lowest BCUT2D eigenvalue weighted by Crippen LogP contribution is -2.43. The van der Waals surface area contributed by atoms with Crippen molar-refractivity contribution in [3.05, 3.63) is 34.9 Å². The smallest absolute Gasteiger partial charge is 0.263 e. The molecule has 17 heavy (non-hydrogen) atoms. The van der Waals surface area contributed by atoms with E-state index in [9.17, 15) is 9.59 Å². The summed E-state index contributed by atoms with van der Waals surface area (Å²) < 4.78 is 0. The minimum Gasteiger partial charge on any atom is -0.311 e. The molecule has 1 atom stereocenters. The molecule has 0 radical (unpaired) electrons. The first kappa shape index (κ1) is 13.7. The van der Waals surface area contributed by atoms with Gasteiger partial charge in [0.05, 0.1) is 17.3 Å². The van der Waals surface area contributed by atoms with E-state index >= 15 is 0 Å². The summed E-state index contributed by atoms with van der Waals surface area (Å²) in [5.74, 6) is -0.558. The lowest BCUT2D eigenvalue weighted by atomic mass is 10.0. The predicted octanol–water partition coefficient (Wildman–Crippen LogP) is 1.57. The molecule has 0 unspecified atom stereocenters. The Labute approximate surface area is 106 Å². The van der Waals surface area contributed by atoms with Gasteiger partial charge in [0.2, 0.25) is 0 Å². The van der Waals surface area contributed by atoms with Crippen molar-refractivity contribution in [1.82, 2.24) is 4.90 Å². The van der Waals surface area contributed by atoms with Crippen LogP contribution in [0.3, 0.4) is 0 Å². The van der Waals surface area contributed by atoms with E-state index in [1.54, 1.807) is 19.1 Å². The number of fused-ring (bicyclic) bond motifs is 1. The van der Waals surface area contributed by atoms with Gasteiger partial charge in [-0.3, -0.25) is 14.5 Å². The molecule has 0 spiro atoms. The summed E-state index contributed by atoms with van der Waals surface area (Å²) in [6.45, 7) is 3.59. The molecule has 0 saturated heterocycles. The first-order valence-corrected chi connectivity index (χ1v) is 5.33. The van der Waals surface area contributed by atoms with Crippen LogP contribution in [0.15, 0.2) is 18.2 Å². The highest BCUT2D eigenvalue weighted by Crippen LogP contribution is 2.26. The molecule has 4 nitrogen and oxygen atoms in total. The van der Waals surface area contributed by atoms with Crippen LogP contribution in [-0.4, -0.2) is 22.9 Å². The maximum Gasteiger partial charge on any atom is 0.263 e. The van der Waals surface area contributed by atoms with E-state index < -0.39 is 6.17 Å². The minimum absolute atomic E-state index is 0. The van der Waals surface area contributed by atoms with Gasteiger partial charge < -0.3 is 5.73 Å². The quantitative estimate of drug-likeness (QED) is 0.815. The largest absolute Gasteiger partial charge is 0.311 e. The zero-order chi connectivity index (χ0) is 11.9. The Bertz CT molecular complexity index is 472. The van der Waals surface area contributed by atoms with Gasteiger partial charge in [-0.2, -0.15) is 0 Å². The van der Waals surface area contributed by atoms with E-state index in [1.165, 1.54) is 0 Å². The summed E-state index contributed by atoms with van der Waals surface area (Å²) in [5.41, 5.74) is 7.53. The Balaban J connectivity index is 0.00000144. The van der Waals surface area contributed by atoms with E-state index in [2.05, 4.69) is 0 Å².